The van der Waals surface area contributed by atoms with Crippen molar-refractivity contribution in [2.45, 2.75) is 44.6 Å². The summed E-state index contributed by atoms with van der Waals surface area (Å²) in [5.41, 5.74) is 2.87. The van der Waals surface area contributed by atoms with E-state index in [4.69, 9.17) is 28.6 Å². The first-order chi connectivity index (χ1) is 17.2. The van der Waals surface area contributed by atoms with Gasteiger partial charge >= 0.3 is 0 Å². The number of likely N-dealkylation sites (N-methyl/N-ethyl adjacent to an activating group) is 1. The highest BCUT2D eigenvalue weighted by atomic mass is 35.5. The van der Waals surface area contributed by atoms with Crippen LogP contribution in [0.15, 0.2) is 48.0 Å². The van der Waals surface area contributed by atoms with Crippen molar-refractivity contribution in [3.63, 3.8) is 0 Å². The number of halogens is 2. The molecule has 0 bridgehead atoms. The van der Waals surface area contributed by atoms with Crippen molar-refractivity contribution in [3.05, 3.63) is 74.9 Å². The monoisotopic (exact) mass is 523 g/mol. The maximum Gasteiger partial charge on any atom is 0.279 e. The number of aromatic nitrogens is 2. The van der Waals surface area contributed by atoms with Crippen LogP contribution in [-0.4, -0.2) is 45.3 Å². The summed E-state index contributed by atoms with van der Waals surface area (Å²) in [7, 11) is 1.88. The van der Waals surface area contributed by atoms with E-state index in [0.717, 1.165) is 42.9 Å². The van der Waals surface area contributed by atoms with E-state index in [2.05, 4.69) is 29.5 Å². The standard InChI is InChI=1S/C28H31Cl2N5O/c1-4-33(3)26(31)28(15-27(16-28)8-9-27)18-6-5-7-19(10-18)35-13-20(29)22-23(30)21(32-24(22)25(35)36)14-34-11-17(2)12-34/h4-7,10,13,17,31-32H,1,8-9,11-12,14-16H2,2-3H3. The Bertz CT molecular complexity index is 1450. The van der Waals surface area contributed by atoms with Crippen molar-refractivity contribution in [1.82, 2.24) is 19.4 Å². The minimum absolute atomic E-state index is 0.184. The second-order valence-corrected chi connectivity index (χ2v) is 12.0. The molecule has 2 aliphatic carbocycles. The highest BCUT2D eigenvalue weighted by Gasteiger charge is 2.63. The number of H-pyrrole nitrogens is 1. The molecule has 1 aliphatic heterocycles. The summed E-state index contributed by atoms with van der Waals surface area (Å²) in [5.74, 6) is 1.23. The number of nitrogens with one attached hydrogen (secondary N) is 2. The lowest BCUT2D eigenvalue weighted by Gasteiger charge is -2.51. The summed E-state index contributed by atoms with van der Waals surface area (Å²) in [6.45, 7) is 8.81. The zero-order valence-corrected chi connectivity index (χ0v) is 22.2. The van der Waals surface area contributed by atoms with Crippen molar-refractivity contribution in [1.29, 1.82) is 5.41 Å². The van der Waals surface area contributed by atoms with Gasteiger partial charge in [-0.1, -0.05) is 48.8 Å². The van der Waals surface area contributed by atoms with Gasteiger partial charge < -0.3 is 9.88 Å². The highest BCUT2D eigenvalue weighted by molar-refractivity contribution is 6.42. The van der Waals surface area contributed by atoms with E-state index in [9.17, 15) is 4.79 Å². The van der Waals surface area contributed by atoms with Crippen LogP contribution in [0.4, 0.5) is 0 Å². The van der Waals surface area contributed by atoms with Crippen LogP contribution in [0.1, 0.15) is 43.9 Å². The zero-order chi connectivity index (χ0) is 25.4. The number of pyridine rings is 1. The Balaban J connectivity index is 1.40. The largest absolute Gasteiger partial charge is 0.351 e. The third kappa shape index (κ3) is 3.57. The molecule has 2 N–H and O–H groups in total. The molecule has 8 heteroatoms. The minimum Gasteiger partial charge on any atom is -0.351 e. The second kappa shape index (κ2) is 8.23. The van der Waals surface area contributed by atoms with Crippen molar-refractivity contribution < 1.29 is 0 Å². The summed E-state index contributed by atoms with van der Waals surface area (Å²) in [5, 5.41) is 10.5. The van der Waals surface area contributed by atoms with Crippen LogP contribution in [0.25, 0.3) is 16.6 Å². The first kappa shape index (κ1) is 23.8. The van der Waals surface area contributed by atoms with Gasteiger partial charge in [-0.2, -0.15) is 0 Å². The third-order valence-electron chi connectivity index (χ3n) is 8.51. The molecule has 0 amide bonds. The quantitative estimate of drug-likeness (QED) is 0.310. The van der Waals surface area contributed by atoms with Crippen LogP contribution in [-0.2, 0) is 12.0 Å². The Morgan fingerprint density at radius 2 is 2.03 bits per heavy atom. The molecular weight excluding hydrogens is 493 g/mol. The molecule has 3 fully saturated rings. The summed E-state index contributed by atoms with van der Waals surface area (Å²) in [4.78, 5) is 21.0. The molecular formula is C28H31Cl2N5O. The molecule has 2 saturated carbocycles. The molecule has 3 aliphatic rings. The van der Waals surface area contributed by atoms with E-state index in [1.165, 1.54) is 12.8 Å². The average molecular weight is 524 g/mol. The van der Waals surface area contributed by atoms with Gasteiger partial charge in [-0.25, -0.2) is 0 Å². The number of likely N-dealkylation sites (tertiary alicyclic amines) is 1. The lowest BCUT2D eigenvalue weighted by molar-refractivity contribution is 0.104. The normalized spacial score (nSPS) is 20.2. The minimum atomic E-state index is -0.371. The van der Waals surface area contributed by atoms with Crippen LogP contribution in [0, 0.1) is 16.7 Å². The lowest BCUT2D eigenvalue weighted by atomic mass is 9.55. The first-order valence-corrected chi connectivity index (χ1v) is 13.3. The summed E-state index contributed by atoms with van der Waals surface area (Å²) in [6.07, 6.45) is 7.74. The summed E-state index contributed by atoms with van der Waals surface area (Å²) < 4.78 is 1.59. The summed E-state index contributed by atoms with van der Waals surface area (Å²) in [6, 6.07) is 8.00. The average Bonchev–Trinajstić information content (AvgIpc) is 3.55. The van der Waals surface area contributed by atoms with E-state index in [1.807, 2.05) is 25.2 Å². The number of amidine groups is 1. The molecule has 3 aromatic rings. The number of benzene rings is 1. The maximum atomic E-state index is 13.7. The van der Waals surface area contributed by atoms with Crippen molar-refractivity contribution in [2.75, 3.05) is 20.1 Å². The van der Waals surface area contributed by atoms with Gasteiger partial charge in [0.05, 0.1) is 15.5 Å². The van der Waals surface area contributed by atoms with Crippen molar-refractivity contribution in [2.24, 2.45) is 11.3 Å². The van der Waals surface area contributed by atoms with Gasteiger partial charge in [0.2, 0.25) is 0 Å². The summed E-state index contributed by atoms with van der Waals surface area (Å²) >= 11 is 13.4. The van der Waals surface area contributed by atoms with Crippen LogP contribution in [0.2, 0.25) is 10.0 Å². The Morgan fingerprint density at radius 1 is 1.31 bits per heavy atom. The number of fused-ring (bicyclic) bond motifs is 1. The number of aromatic amines is 1. The number of nitrogens with zero attached hydrogens (tertiary/aromatic N) is 3. The van der Waals surface area contributed by atoms with Crippen LogP contribution < -0.4 is 5.56 Å². The van der Waals surface area contributed by atoms with E-state index in [0.29, 0.717) is 44.7 Å². The molecule has 0 radical (unpaired) electrons. The first-order valence-electron chi connectivity index (χ1n) is 12.6. The fourth-order valence-corrected chi connectivity index (χ4v) is 7.04. The molecule has 188 valence electrons. The van der Waals surface area contributed by atoms with E-state index < -0.39 is 0 Å². The van der Waals surface area contributed by atoms with Crippen LogP contribution >= 0.6 is 23.2 Å². The molecule has 36 heavy (non-hydrogen) atoms. The van der Waals surface area contributed by atoms with E-state index in [1.54, 1.807) is 21.9 Å². The van der Waals surface area contributed by atoms with Crippen LogP contribution in [0.3, 0.4) is 0 Å². The van der Waals surface area contributed by atoms with Gasteiger partial charge in [-0.05, 0) is 60.9 Å². The third-order valence-corrected chi connectivity index (χ3v) is 9.22. The molecule has 6 rings (SSSR count). The predicted octanol–water partition coefficient (Wildman–Crippen LogP) is 5.94. The van der Waals surface area contributed by atoms with Gasteiger partial charge in [-0.3, -0.25) is 19.7 Å². The molecule has 3 heterocycles. The number of rotatable bonds is 6. The number of hydrogen-bond donors (Lipinski definition) is 2. The van der Waals surface area contributed by atoms with Crippen molar-refractivity contribution >= 4 is 39.9 Å². The molecule has 1 aromatic carbocycles. The van der Waals surface area contributed by atoms with E-state index in [-0.39, 0.29) is 11.0 Å². The zero-order valence-electron chi connectivity index (χ0n) is 20.7. The molecule has 2 aromatic heterocycles. The fourth-order valence-electron chi connectivity index (χ4n) is 6.40. The van der Waals surface area contributed by atoms with Gasteiger partial charge in [-0.15, -0.1) is 0 Å². The lowest BCUT2D eigenvalue weighted by Crippen LogP contribution is -2.53. The van der Waals surface area contributed by atoms with Gasteiger partial charge in [0, 0.05) is 49.6 Å². The topological polar surface area (TPSA) is 68.1 Å². The van der Waals surface area contributed by atoms with E-state index >= 15 is 0 Å². The second-order valence-electron chi connectivity index (χ2n) is 11.2. The Morgan fingerprint density at radius 3 is 2.67 bits per heavy atom. The molecule has 0 unspecified atom stereocenters. The van der Waals surface area contributed by atoms with Gasteiger partial charge in [0.15, 0.2) is 0 Å². The molecule has 0 atom stereocenters. The predicted molar refractivity (Wildman–Crippen MR) is 147 cm³/mol. The SMILES string of the molecule is C=CN(C)C(=N)C1(c2cccc(-n3cc(Cl)c4c(Cl)c(CN5CC(C)C5)[nH]c4c3=O)c2)CC2(CC2)C1. The maximum absolute atomic E-state index is 13.7. The number of hydrogen-bond acceptors (Lipinski definition) is 3. The molecule has 1 saturated heterocycles. The smallest absolute Gasteiger partial charge is 0.279 e. The van der Waals surface area contributed by atoms with Crippen LogP contribution in [0.5, 0.6) is 0 Å². The van der Waals surface area contributed by atoms with Crippen molar-refractivity contribution in [3.8, 4) is 5.69 Å². The Hall–Kier alpha value is -2.54. The molecule has 1 spiro atoms. The van der Waals surface area contributed by atoms with Gasteiger partial charge in [0.25, 0.3) is 5.56 Å². The highest BCUT2D eigenvalue weighted by Crippen LogP contribution is 2.69. The Kier molecular flexibility index (Phi) is 5.45. The fraction of sp³-hybridized carbons (Fsp3) is 0.429. The van der Waals surface area contributed by atoms with Gasteiger partial charge in [0.1, 0.15) is 11.4 Å². The molecule has 6 nitrogen and oxygen atoms in total. The Labute approximate surface area is 221 Å².